The largest absolute Gasteiger partial charge is 0.364 e. The fourth-order valence-electron chi connectivity index (χ4n) is 2.91. The van der Waals surface area contributed by atoms with Crippen LogP contribution in [0.2, 0.25) is 0 Å². The van der Waals surface area contributed by atoms with E-state index >= 15 is 0 Å². The van der Waals surface area contributed by atoms with Gasteiger partial charge in [-0.15, -0.1) is 0 Å². The van der Waals surface area contributed by atoms with Crippen LogP contribution in [-0.4, -0.2) is 12.6 Å². The molecule has 3 heteroatoms. The van der Waals surface area contributed by atoms with E-state index in [0.29, 0.717) is 12.6 Å². The number of fused-ring (bicyclic) bond motifs is 1. The van der Waals surface area contributed by atoms with E-state index in [9.17, 15) is 4.39 Å². The molecule has 0 aromatic heterocycles. The normalized spacial score (nSPS) is 33.0. The Balaban J connectivity index is 2.00. The second kappa shape index (κ2) is 3.54. The highest BCUT2D eigenvalue weighted by molar-refractivity contribution is 5.37. The van der Waals surface area contributed by atoms with Gasteiger partial charge in [-0.1, -0.05) is 6.07 Å². The number of benzene rings is 1. The van der Waals surface area contributed by atoms with Crippen LogP contribution in [0.5, 0.6) is 0 Å². The number of hydrogen-bond acceptors (Lipinski definition) is 2. The maximum atomic E-state index is 13.1. The van der Waals surface area contributed by atoms with Crippen molar-refractivity contribution in [2.75, 3.05) is 6.54 Å². The molecule has 0 amide bonds. The van der Waals surface area contributed by atoms with Crippen LogP contribution in [0.25, 0.3) is 0 Å². The molecule has 86 valence electrons. The van der Waals surface area contributed by atoms with E-state index in [1.54, 1.807) is 6.07 Å². The minimum atomic E-state index is -0.278. The molecule has 2 aliphatic rings. The number of halogens is 1. The van der Waals surface area contributed by atoms with Gasteiger partial charge in [-0.25, -0.2) is 4.39 Å². The molecule has 0 unspecified atom stereocenters. The van der Waals surface area contributed by atoms with Crippen LogP contribution in [0.1, 0.15) is 30.9 Å². The molecule has 0 spiro atoms. The van der Waals surface area contributed by atoms with Gasteiger partial charge in [0.2, 0.25) is 0 Å². The molecule has 2 atom stereocenters. The highest BCUT2D eigenvalue weighted by Gasteiger charge is 2.43. The summed E-state index contributed by atoms with van der Waals surface area (Å²) in [4.78, 5) is 0. The summed E-state index contributed by atoms with van der Waals surface area (Å²) in [5.74, 6) is -0.175. The Morgan fingerprint density at radius 3 is 3.12 bits per heavy atom. The molecule has 1 N–H and O–H groups in total. The first-order valence-electron chi connectivity index (χ1n) is 5.86. The molecule has 2 nitrogen and oxygen atoms in total. The summed E-state index contributed by atoms with van der Waals surface area (Å²) in [6, 6.07) is 5.35. The third-order valence-electron chi connectivity index (χ3n) is 3.85. The van der Waals surface area contributed by atoms with Crippen molar-refractivity contribution in [2.45, 2.75) is 38.0 Å². The lowest BCUT2D eigenvalue weighted by molar-refractivity contribution is -0.0471. The number of rotatable bonds is 1. The van der Waals surface area contributed by atoms with Crippen LogP contribution in [0, 0.1) is 5.82 Å². The summed E-state index contributed by atoms with van der Waals surface area (Å²) in [5, 5.41) is 3.48. The standard InChI is InChI=1S/C13H16FNO/c1-13(12-3-2-6-15-12)11-5-4-10(14)7-9(11)8-16-13/h4-5,7,12,15H,2-3,6,8H2,1H3/t12-,13-/m0/s1. The molecular weight excluding hydrogens is 205 g/mol. The molecule has 3 rings (SSSR count). The molecule has 1 saturated heterocycles. The maximum Gasteiger partial charge on any atom is 0.123 e. The van der Waals surface area contributed by atoms with Crippen LogP contribution in [0.3, 0.4) is 0 Å². The lowest BCUT2D eigenvalue weighted by atomic mass is 9.86. The maximum absolute atomic E-state index is 13.1. The van der Waals surface area contributed by atoms with Crippen LogP contribution in [-0.2, 0) is 16.9 Å². The highest BCUT2D eigenvalue weighted by atomic mass is 19.1. The molecule has 0 radical (unpaired) electrons. The molecule has 1 aromatic rings. The molecule has 0 bridgehead atoms. The Bertz CT molecular complexity index is 414. The lowest BCUT2D eigenvalue weighted by Crippen LogP contribution is -2.42. The van der Waals surface area contributed by atoms with E-state index in [1.807, 2.05) is 6.07 Å². The average molecular weight is 221 g/mol. The van der Waals surface area contributed by atoms with E-state index in [0.717, 1.165) is 24.1 Å². The Morgan fingerprint density at radius 2 is 2.38 bits per heavy atom. The first kappa shape index (κ1) is 10.2. The van der Waals surface area contributed by atoms with Gasteiger partial charge in [-0.3, -0.25) is 0 Å². The van der Waals surface area contributed by atoms with Gasteiger partial charge in [0.1, 0.15) is 11.4 Å². The summed E-state index contributed by atoms with van der Waals surface area (Å²) in [5.41, 5.74) is 1.86. The molecular formula is C13H16FNO. The molecule has 0 aliphatic carbocycles. The lowest BCUT2D eigenvalue weighted by Gasteiger charge is -2.31. The molecule has 16 heavy (non-hydrogen) atoms. The molecule has 2 aliphatic heterocycles. The van der Waals surface area contributed by atoms with Gasteiger partial charge in [0, 0.05) is 6.04 Å². The van der Waals surface area contributed by atoms with Gasteiger partial charge in [0.15, 0.2) is 0 Å². The summed E-state index contributed by atoms with van der Waals surface area (Å²) in [7, 11) is 0. The van der Waals surface area contributed by atoms with Gasteiger partial charge >= 0.3 is 0 Å². The third kappa shape index (κ3) is 1.39. The Hall–Kier alpha value is -0.930. The second-order valence-electron chi connectivity index (χ2n) is 4.85. The van der Waals surface area contributed by atoms with Gasteiger partial charge in [-0.2, -0.15) is 0 Å². The number of hydrogen-bond donors (Lipinski definition) is 1. The van der Waals surface area contributed by atoms with Crippen molar-refractivity contribution in [1.29, 1.82) is 0 Å². The van der Waals surface area contributed by atoms with E-state index in [4.69, 9.17) is 4.74 Å². The molecule has 1 aromatic carbocycles. The molecule has 2 heterocycles. The third-order valence-corrected chi connectivity index (χ3v) is 3.85. The Labute approximate surface area is 94.8 Å². The zero-order chi connectivity index (χ0) is 11.2. The van der Waals surface area contributed by atoms with Crippen molar-refractivity contribution in [3.8, 4) is 0 Å². The van der Waals surface area contributed by atoms with Crippen LogP contribution >= 0.6 is 0 Å². The van der Waals surface area contributed by atoms with Crippen molar-refractivity contribution in [2.24, 2.45) is 0 Å². The van der Waals surface area contributed by atoms with Crippen molar-refractivity contribution >= 4 is 0 Å². The fraction of sp³-hybridized carbons (Fsp3) is 0.538. The van der Waals surface area contributed by atoms with Gasteiger partial charge in [0.05, 0.1) is 6.61 Å². The van der Waals surface area contributed by atoms with Crippen molar-refractivity contribution in [3.63, 3.8) is 0 Å². The predicted molar refractivity (Wildman–Crippen MR) is 59.6 cm³/mol. The van der Waals surface area contributed by atoms with Gasteiger partial charge in [-0.05, 0) is 49.6 Å². The fourth-order valence-corrected chi connectivity index (χ4v) is 2.91. The quantitative estimate of drug-likeness (QED) is 0.785. The minimum Gasteiger partial charge on any atom is -0.364 e. The highest BCUT2D eigenvalue weighted by Crippen LogP contribution is 2.41. The van der Waals surface area contributed by atoms with Gasteiger partial charge < -0.3 is 10.1 Å². The smallest absolute Gasteiger partial charge is 0.123 e. The van der Waals surface area contributed by atoms with Crippen LogP contribution in [0.4, 0.5) is 4.39 Å². The first-order valence-corrected chi connectivity index (χ1v) is 5.86. The van der Waals surface area contributed by atoms with E-state index in [1.165, 1.54) is 12.5 Å². The monoisotopic (exact) mass is 221 g/mol. The van der Waals surface area contributed by atoms with E-state index < -0.39 is 0 Å². The Morgan fingerprint density at radius 1 is 1.50 bits per heavy atom. The van der Waals surface area contributed by atoms with E-state index in [-0.39, 0.29) is 11.4 Å². The summed E-state index contributed by atoms with van der Waals surface area (Å²) >= 11 is 0. The summed E-state index contributed by atoms with van der Waals surface area (Å²) in [6.45, 7) is 3.70. The van der Waals surface area contributed by atoms with Crippen LogP contribution in [0.15, 0.2) is 18.2 Å². The second-order valence-corrected chi connectivity index (χ2v) is 4.85. The zero-order valence-corrected chi connectivity index (χ0v) is 9.42. The number of ether oxygens (including phenoxy) is 1. The van der Waals surface area contributed by atoms with Crippen LogP contribution < -0.4 is 5.32 Å². The molecule has 0 saturated carbocycles. The van der Waals surface area contributed by atoms with Gasteiger partial charge in [0.25, 0.3) is 0 Å². The first-order chi connectivity index (χ1) is 7.70. The van der Waals surface area contributed by atoms with Crippen molar-refractivity contribution in [3.05, 3.63) is 35.1 Å². The van der Waals surface area contributed by atoms with Crippen molar-refractivity contribution < 1.29 is 9.13 Å². The predicted octanol–water partition coefficient (Wildman–Crippen LogP) is 2.32. The number of nitrogens with one attached hydrogen (secondary N) is 1. The SMILES string of the molecule is C[C@]1([C@@H]2CCCN2)OCc2cc(F)ccc21. The Kier molecular flexibility index (Phi) is 2.26. The average Bonchev–Trinajstić information content (AvgIpc) is 2.87. The summed E-state index contributed by atoms with van der Waals surface area (Å²) in [6.07, 6.45) is 2.33. The van der Waals surface area contributed by atoms with E-state index in [2.05, 4.69) is 12.2 Å². The topological polar surface area (TPSA) is 21.3 Å². The minimum absolute atomic E-state index is 0.175. The molecule has 1 fully saturated rings. The van der Waals surface area contributed by atoms with Crippen molar-refractivity contribution in [1.82, 2.24) is 5.32 Å². The zero-order valence-electron chi connectivity index (χ0n) is 9.42. The summed E-state index contributed by atoms with van der Waals surface area (Å²) < 4.78 is 19.0.